The molecule has 0 bridgehead atoms. The van der Waals surface area contributed by atoms with Crippen molar-refractivity contribution >= 4 is 13.7 Å². The van der Waals surface area contributed by atoms with Crippen LogP contribution in [0.5, 0.6) is 0 Å². The average molecular weight is 228 g/mol. The van der Waals surface area contributed by atoms with Gasteiger partial charge in [0.1, 0.15) is 0 Å². The van der Waals surface area contributed by atoms with E-state index in [1.807, 2.05) is 19.1 Å². The summed E-state index contributed by atoms with van der Waals surface area (Å²) in [6.45, 7) is 1.87. The van der Waals surface area contributed by atoms with Crippen LogP contribution in [0.25, 0.3) is 6.08 Å². The van der Waals surface area contributed by atoms with Gasteiger partial charge < -0.3 is 14.9 Å². The van der Waals surface area contributed by atoms with E-state index in [0.29, 0.717) is 0 Å². The number of rotatable bonds is 3. The highest BCUT2D eigenvalue weighted by Crippen LogP contribution is 2.49. The predicted molar refractivity (Wildman–Crippen MR) is 58.2 cm³/mol. The van der Waals surface area contributed by atoms with Gasteiger partial charge in [0.15, 0.2) is 5.85 Å². The Kier molecular flexibility index (Phi) is 3.83. The van der Waals surface area contributed by atoms with Crippen molar-refractivity contribution in [1.29, 1.82) is 0 Å². The first-order valence-corrected chi connectivity index (χ1v) is 6.09. The summed E-state index contributed by atoms with van der Waals surface area (Å²) in [7, 11) is -4.47. The van der Waals surface area contributed by atoms with Gasteiger partial charge in [-0.1, -0.05) is 36.4 Å². The smallest absolute Gasteiger partial charge is 0.358 e. The minimum absolute atomic E-state index is 0.219. The normalized spacial score (nSPS) is 14.4. The largest absolute Gasteiger partial charge is 0.376 e. The van der Waals surface area contributed by atoms with E-state index in [1.54, 1.807) is 12.1 Å². The molecular weight excluding hydrogens is 215 g/mol. The molecule has 0 aliphatic heterocycles. The van der Waals surface area contributed by atoms with E-state index in [9.17, 15) is 9.67 Å². The standard InChI is InChI=1S/C10H13O4P/c1-2-3-8-4-6-9(7-5-8)10(11)15(12,13)14/h2-7,10-11H,1H3,(H2,12,13,14). The van der Waals surface area contributed by atoms with Gasteiger partial charge in [-0.05, 0) is 18.1 Å². The molecule has 0 aliphatic rings. The van der Waals surface area contributed by atoms with E-state index >= 15 is 0 Å². The molecule has 1 unspecified atom stereocenters. The average Bonchev–Trinajstić information content (AvgIpc) is 2.17. The molecule has 3 N–H and O–H groups in total. The first-order chi connectivity index (χ1) is 6.95. The van der Waals surface area contributed by atoms with Crippen molar-refractivity contribution in [2.45, 2.75) is 12.8 Å². The van der Waals surface area contributed by atoms with Crippen LogP contribution in [-0.4, -0.2) is 14.9 Å². The lowest BCUT2D eigenvalue weighted by Crippen LogP contribution is -1.97. The van der Waals surface area contributed by atoms with Crippen LogP contribution >= 0.6 is 7.60 Å². The Morgan fingerprint density at radius 2 is 1.80 bits per heavy atom. The zero-order valence-electron chi connectivity index (χ0n) is 8.24. The Bertz CT molecular complexity index is 390. The van der Waals surface area contributed by atoms with E-state index in [2.05, 4.69) is 0 Å². The monoisotopic (exact) mass is 228 g/mol. The minimum Gasteiger partial charge on any atom is -0.376 e. The number of allylic oxidation sites excluding steroid dienone is 1. The van der Waals surface area contributed by atoms with E-state index in [4.69, 9.17) is 9.79 Å². The van der Waals surface area contributed by atoms with Gasteiger partial charge in [0, 0.05) is 0 Å². The summed E-state index contributed by atoms with van der Waals surface area (Å²) < 4.78 is 10.8. The van der Waals surface area contributed by atoms with E-state index < -0.39 is 13.4 Å². The number of aliphatic hydroxyl groups is 1. The third-order valence-corrected chi connectivity index (χ3v) is 2.85. The van der Waals surface area contributed by atoms with Crippen molar-refractivity contribution in [1.82, 2.24) is 0 Å². The molecule has 82 valence electrons. The summed E-state index contributed by atoms with van der Waals surface area (Å²) in [5, 5.41) is 9.30. The fraction of sp³-hybridized carbons (Fsp3) is 0.200. The molecule has 0 amide bonds. The first kappa shape index (κ1) is 12.1. The molecule has 0 saturated carbocycles. The van der Waals surface area contributed by atoms with Crippen LogP contribution in [0.15, 0.2) is 30.3 Å². The zero-order chi connectivity index (χ0) is 11.5. The second-order valence-corrected chi connectivity index (χ2v) is 4.80. The molecule has 0 saturated heterocycles. The Balaban J connectivity index is 2.94. The topological polar surface area (TPSA) is 77.8 Å². The van der Waals surface area contributed by atoms with Crippen LogP contribution in [0.3, 0.4) is 0 Å². The third kappa shape index (κ3) is 3.29. The van der Waals surface area contributed by atoms with E-state index in [0.717, 1.165) is 5.56 Å². The van der Waals surface area contributed by atoms with Crippen LogP contribution in [0.1, 0.15) is 23.9 Å². The number of benzene rings is 1. The second-order valence-electron chi connectivity index (χ2n) is 3.13. The summed E-state index contributed by atoms with van der Waals surface area (Å²) >= 11 is 0. The minimum atomic E-state index is -4.47. The van der Waals surface area contributed by atoms with Crippen molar-refractivity contribution in [2.75, 3.05) is 0 Å². The molecule has 0 fully saturated rings. The molecule has 1 rings (SSSR count). The summed E-state index contributed by atoms with van der Waals surface area (Å²) in [6, 6.07) is 6.38. The second kappa shape index (κ2) is 4.73. The Hall–Kier alpha value is -0.930. The van der Waals surface area contributed by atoms with Crippen molar-refractivity contribution in [3.05, 3.63) is 41.5 Å². The Morgan fingerprint density at radius 1 is 1.27 bits per heavy atom. The van der Waals surface area contributed by atoms with Crippen molar-refractivity contribution in [3.8, 4) is 0 Å². The SMILES string of the molecule is CC=Cc1ccc(C(O)P(=O)(O)O)cc1. The van der Waals surface area contributed by atoms with Crippen LogP contribution in [0.2, 0.25) is 0 Å². The Morgan fingerprint density at radius 3 is 2.20 bits per heavy atom. The predicted octanol–water partition coefficient (Wildman–Crippen LogP) is 1.89. The number of aliphatic hydroxyl groups excluding tert-OH is 1. The molecule has 0 spiro atoms. The zero-order valence-corrected chi connectivity index (χ0v) is 9.13. The third-order valence-electron chi connectivity index (χ3n) is 1.91. The molecule has 4 nitrogen and oxygen atoms in total. The van der Waals surface area contributed by atoms with Crippen LogP contribution in [-0.2, 0) is 4.57 Å². The molecule has 0 aliphatic carbocycles. The maximum Gasteiger partial charge on any atom is 0.358 e. The van der Waals surface area contributed by atoms with Crippen molar-refractivity contribution in [2.24, 2.45) is 0 Å². The summed E-state index contributed by atoms with van der Waals surface area (Å²) in [4.78, 5) is 17.5. The lowest BCUT2D eigenvalue weighted by Gasteiger charge is -2.12. The fourth-order valence-electron chi connectivity index (χ4n) is 1.17. The molecular formula is C10H13O4P. The summed E-state index contributed by atoms with van der Waals surface area (Å²) in [5.41, 5.74) is 1.13. The lowest BCUT2D eigenvalue weighted by atomic mass is 10.1. The number of hydrogen-bond donors (Lipinski definition) is 3. The highest BCUT2D eigenvalue weighted by Gasteiger charge is 2.27. The van der Waals surface area contributed by atoms with E-state index in [-0.39, 0.29) is 5.56 Å². The van der Waals surface area contributed by atoms with Crippen molar-refractivity contribution < 1.29 is 19.5 Å². The fourth-order valence-corrected chi connectivity index (χ4v) is 1.73. The van der Waals surface area contributed by atoms with Gasteiger partial charge in [-0.25, -0.2) is 0 Å². The summed E-state index contributed by atoms with van der Waals surface area (Å²) in [6.07, 6.45) is 3.71. The van der Waals surface area contributed by atoms with Gasteiger partial charge in [0.25, 0.3) is 0 Å². The van der Waals surface area contributed by atoms with Gasteiger partial charge in [0.05, 0.1) is 0 Å². The molecule has 0 aromatic heterocycles. The van der Waals surface area contributed by atoms with Gasteiger partial charge in [-0.2, -0.15) is 0 Å². The number of hydrogen-bond acceptors (Lipinski definition) is 2. The van der Waals surface area contributed by atoms with E-state index in [1.165, 1.54) is 12.1 Å². The van der Waals surface area contributed by atoms with Crippen LogP contribution in [0.4, 0.5) is 0 Å². The maximum absolute atomic E-state index is 10.8. The highest BCUT2D eigenvalue weighted by molar-refractivity contribution is 7.51. The maximum atomic E-state index is 10.8. The van der Waals surface area contributed by atoms with Crippen LogP contribution < -0.4 is 0 Å². The summed E-state index contributed by atoms with van der Waals surface area (Å²) in [5.74, 6) is -1.74. The van der Waals surface area contributed by atoms with Gasteiger partial charge in [0.2, 0.25) is 0 Å². The quantitative estimate of drug-likeness (QED) is 0.690. The lowest BCUT2D eigenvalue weighted by molar-refractivity contribution is 0.205. The van der Waals surface area contributed by atoms with Crippen molar-refractivity contribution in [3.63, 3.8) is 0 Å². The van der Waals surface area contributed by atoms with Gasteiger partial charge in [-0.3, -0.25) is 4.57 Å². The van der Waals surface area contributed by atoms with Gasteiger partial charge in [-0.15, -0.1) is 0 Å². The Labute approximate surface area is 88.0 Å². The molecule has 1 atom stereocenters. The molecule has 0 heterocycles. The highest BCUT2D eigenvalue weighted by atomic mass is 31.2. The molecule has 1 aromatic rings. The molecule has 5 heteroatoms. The first-order valence-electron chi connectivity index (χ1n) is 4.41. The molecule has 0 radical (unpaired) electrons. The molecule has 1 aromatic carbocycles. The van der Waals surface area contributed by atoms with Crippen LogP contribution in [0, 0.1) is 0 Å². The van der Waals surface area contributed by atoms with Gasteiger partial charge >= 0.3 is 7.60 Å². The molecule has 15 heavy (non-hydrogen) atoms.